The molecule has 7 heteroatoms. The maximum Gasteiger partial charge on any atom is 0.259 e. The normalized spacial score (nSPS) is 24.1. The van der Waals surface area contributed by atoms with E-state index < -0.39 is 0 Å². The second-order valence-electron chi connectivity index (χ2n) is 6.44. The molecule has 0 bridgehead atoms. The number of hydrogen-bond acceptors (Lipinski definition) is 4. The Morgan fingerprint density at radius 1 is 1.26 bits per heavy atom. The Kier molecular flexibility index (Phi) is 4.55. The Morgan fingerprint density at radius 3 is 2.65 bits per heavy atom. The van der Waals surface area contributed by atoms with E-state index in [4.69, 9.17) is 0 Å². The van der Waals surface area contributed by atoms with Crippen molar-refractivity contribution in [1.29, 1.82) is 0 Å². The molecule has 0 aliphatic carbocycles. The van der Waals surface area contributed by atoms with Crippen LogP contribution in [0.15, 0.2) is 18.5 Å². The van der Waals surface area contributed by atoms with Gasteiger partial charge in [0.1, 0.15) is 5.56 Å². The summed E-state index contributed by atoms with van der Waals surface area (Å²) in [4.78, 5) is 19.3. The topological polar surface area (TPSA) is 62.5 Å². The monoisotopic (exact) mass is 335 g/mol. The van der Waals surface area contributed by atoms with Gasteiger partial charge in [-0.25, -0.2) is 9.50 Å². The van der Waals surface area contributed by atoms with E-state index in [-0.39, 0.29) is 18.3 Å². The molecule has 4 heterocycles. The Bertz CT molecular complexity index is 702. The van der Waals surface area contributed by atoms with Crippen LogP contribution in [0.1, 0.15) is 28.9 Å². The molecule has 0 aromatic carbocycles. The molecular weight excluding hydrogens is 314 g/mol. The van der Waals surface area contributed by atoms with E-state index >= 15 is 0 Å². The third-order valence-corrected chi connectivity index (χ3v) is 5.05. The number of aromatic nitrogens is 3. The number of carbonyl (C=O) groups excluding carboxylic acids is 1. The summed E-state index contributed by atoms with van der Waals surface area (Å²) in [6.45, 7) is 5.81. The van der Waals surface area contributed by atoms with Crippen LogP contribution >= 0.6 is 12.4 Å². The van der Waals surface area contributed by atoms with Crippen LogP contribution in [-0.4, -0.2) is 51.6 Å². The molecule has 0 saturated carbocycles. The summed E-state index contributed by atoms with van der Waals surface area (Å²) in [5.74, 6) is 1.52. The number of nitrogens with one attached hydrogen (secondary N) is 1. The highest BCUT2D eigenvalue weighted by atomic mass is 35.5. The van der Waals surface area contributed by atoms with Crippen molar-refractivity contribution >= 4 is 24.0 Å². The third kappa shape index (κ3) is 2.93. The van der Waals surface area contributed by atoms with Crippen LogP contribution in [0, 0.1) is 18.8 Å². The van der Waals surface area contributed by atoms with Crippen LogP contribution in [0.5, 0.6) is 0 Å². The zero-order valence-electron chi connectivity index (χ0n) is 13.2. The number of carbonyl (C=O) groups is 1. The fraction of sp³-hybridized carbons (Fsp3) is 0.562. The van der Waals surface area contributed by atoms with E-state index in [1.807, 2.05) is 24.1 Å². The minimum Gasteiger partial charge on any atom is -0.338 e. The SMILES string of the molecule is Cc1ccn2ncc(C(=O)N3CC[C@@H]4CNC[C@@H]4CC3)c2n1.Cl. The van der Waals surface area contributed by atoms with Gasteiger partial charge < -0.3 is 10.2 Å². The average Bonchev–Trinajstić information content (AvgIpc) is 3.08. The summed E-state index contributed by atoms with van der Waals surface area (Å²) in [5.41, 5.74) is 2.18. The molecule has 1 amide bonds. The van der Waals surface area contributed by atoms with Gasteiger partial charge in [0.25, 0.3) is 5.91 Å². The number of rotatable bonds is 1. The van der Waals surface area contributed by atoms with Crippen LogP contribution in [0.4, 0.5) is 0 Å². The van der Waals surface area contributed by atoms with Gasteiger partial charge in [0.05, 0.1) is 6.20 Å². The quantitative estimate of drug-likeness (QED) is 0.858. The van der Waals surface area contributed by atoms with Crippen molar-refractivity contribution in [3.8, 4) is 0 Å². The lowest BCUT2D eigenvalue weighted by Crippen LogP contribution is -2.32. The van der Waals surface area contributed by atoms with Gasteiger partial charge in [-0.3, -0.25) is 4.79 Å². The zero-order chi connectivity index (χ0) is 15.1. The standard InChI is InChI=1S/C16H21N5O.ClH/c1-11-2-7-21-15(19-11)14(10-18-21)16(22)20-5-3-12-8-17-9-13(12)4-6-20;/h2,7,10,12-13,17H,3-6,8-9H2,1H3;1H/t12-,13+;. The van der Waals surface area contributed by atoms with Crippen LogP contribution < -0.4 is 5.32 Å². The molecule has 6 nitrogen and oxygen atoms in total. The average molecular weight is 336 g/mol. The van der Waals surface area contributed by atoms with Gasteiger partial charge in [0, 0.05) is 25.0 Å². The van der Waals surface area contributed by atoms with Crippen molar-refractivity contribution in [3.05, 3.63) is 29.7 Å². The molecule has 124 valence electrons. The van der Waals surface area contributed by atoms with Crippen molar-refractivity contribution < 1.29 is 4.79 Å². The Morgan fingerprint density at radius 2 is 1.96 bits per heavy atom. The lowest BCUT2D eigenvalue weighted by molar-refractivity contribution is 0.0760. The minimum absolute atomic E-state index is 0. The lowest BCUT2D eigenvalue weighted by atomic mass is 9.92. The zero-order valence-corrected chi connectivity index (χ0v) is 14.1. The molecule has 1 N–H and O–H groups in total. The number of hydrogen-bond donors (Lipinski definition) is 1. The molecule has 2 atom stereocenters. The van der Waals surface area contributed by atoms with Crippen molar-refractivity contribution in [1.82, 2.24) is 24.8 Å². The largest absolute Gasteiger partial charge is 0.338 e. The molecule has 2 aliphatic rings. The van der Waals surface area contributed by atoms with Gasteiger partial charge in [0.15, 0.2) is 5.65 Å². The van der Waals surface area contributed by atoms with E-state index in [0.29, 0.717) is 11.2 Å². The predicted octanol–water partition coefficient (Wildman–Crippen LogP) is 1.53. The Balaban J connectivity index is 0.00000156. The van der Waals surface area contributed by atoms with Crippen molar-refractivity contribution in [2.24, 2.45) is 11.8 Å². The highest BCUT2D eigenvalue weighted by Crippen LogP contribution is 2.28. The summed E-state index contributed by atoms with van der Waals surface area (Å²) < 4.78 is 1.68. The first-order chi connectivity index (χ1) is 10.7. The van der Waals surface area contributed by atoms with E-state index in [9.17, 15) is 4.79 Å². The molecule has 23 heavy (non-hydrogen) atoms. The van der Waals surface area contributed by atoms with Crippen LogP contribution in [0.3, 0.4) is 0 Å². The first-order valence-electron chi connectivity index (χ1n) is 8.03. The smallest absolute Gasteiger partial charge is 0.259 e. The number of likely N-dealkylation sites (tertiary alicyclic amines) is 1. The van der Waals surface area contributed by atoms with Gasteiger partial charge in [-0.2, -0.15) is 5.10 Å². The van der Waals surface area contributed by atoms with Crippen molar-refractivity contribution in [2.45, 2.75) is 19.8 Å². The number of nitrogens with zero attached hydrogens (tertiary/aromatic N) is 4. The molecule has 2 aromatic rings. The Hall–Kier alpha value is -1.66. The van der Waals surface area contributed by atoms with Crippen LogP contribution in [0.2, 0.25) is 0 Å². The molecule has 0 spiro atoms. The summed E-state index contributed by atoms with van der Waals surface area (Å²) in [6.07, 6.45) is 5.69. The minimum atomic E-state index is 0. The van der Waals surface area contributed by atoms with E-state index in [2.05, 4.69) is 15.4 Å². The number of halogens is 1. The lowest BCUT2D eigenvalue weighted by Gasteiger charge is -2.20. The number of amides is 1. The highest BCUT2D eigenvalue weighted by Gasteiger charge is 2.32. The van der Waals surface area contributed by atoms with Gasteiger partial charge in [0.2, 0.25) is 0 Å². The van der Waals surface area contributed by atoms with Gasteiger partial charge >= 0.3 is 0 Å². The summed E-state index contributed by atoms with van der Waals surface area (Å²) in [6, 6.07) is 1.90. The van der Waals surface area contributed by atoms with Crippen LogP contribution in [0.25, 0.3) is 5.65 Å². The van der Waals surface area contributed by atoms with E-state index in [0.717, 1.165) is 56.6 Å². The second kappa shape index (κ2) is 6.45. The fourth-order valence-corrected chi connectivity index (χ4v) is 3.70. The first-order valence-corrected chi connectivity index (χ1v) is 8.03. The molecule has 4 rings (SSSR count). The first kappa shape index (κ1) is 16.2. The molecule has 2 saturated heterocycles. The molecule has 0 unspecified atom stereocenters. The molecule has 2 aliphatic heterocycles. The summed E-state index contributed by atoms with van der Waals surface area (Å²) >= 11 is 0. The fourth-order valence-electron chi connectivity index (χ4n) is 3.70. The molecule has 2 aromatic heterocycles. The molecular formula is C16H22ClN5O. The summed E-state index contributed by atoms with van der Waals surface area (Å²) in [7, 11) is 0. The summed E-state index contributed by atoms with van der Waals surface area (Å²) in [5, 5.41) is 7.72. The predicted molar refractivity (Wildman–Crippen MR) is 90.0 cm³/mol. The Labute approximate surface area is 141 Å². The van der Waals surface area contributed by atoms with Crippen LogP contribution in [-0.2, 0) is 0 Å². The highest BCUT2D eigenvalue weighted by molar-refractivity contribution is 5.99. The van der Waals surface area contributed by atoms with E-state index in [1.54, 1.807) is 10.7 Å². The van der Waals surface area contributed by atoms with E-state index in [1.165, 1.54) is 0 Å². The molecule has 0 radical (unpaired) electrons. The molecule has 2 fully saturated rings. The van der Waals surface area contributed by atoms with Crippen molar-refractivity contribution in [3.63, 3.8) is 0 Å². The van der Waals surface area contributed by atoms with Gasteiger partial charge in [-0.05, 0) is 50.8 Å². The maximum absolute atomic E-state index is 12.9. The third-order valence-electron chi connectivity index (χ3n) is 5.05. The second-order valence-corrected chi connectivity index (χ2v) is 6.44. The number of aryl methyl sites for hydroxylation is 1. The van der Waals surface area contributed by atoms with Gasteiger partial charge in [-0.1, -0.05) is 0 Å². The van der Waals surface area contributed by atoms with Crippen molar-refractivity contribution in [2.75, 3.05) is 26.2 Å². The number of fused-ring (bicyclic) bond motifs is 2. The maximum atomic E-state index is 12.9. The van der Waals surface area contributed by atoms with Gasteiger partial charge in [-0.15, -0.1) is 12.4 Å².